The minimum absolute atomic E-state index is 0.106. The quantitative estimate of drug-likeness (QED) is 0.579. The summed E-state index contributed by atoms with van der Waals surface area (Å²) in [4.78, 5) is 13.6. The van der Waals surface area contributed by atoms with Crippen LogP contribution in [-0.4, -0.2) is 23.9 Å². The van der Waals surface area contributed by atoms with Crippen molar-refractivity contribution in [2.24, 2.45) is 0 Å². The molecule has 0 atom stereocenters. The van der Waals surface area contributed by atoms with Crippen LogP contribution >= 0.6 is 0 Å². The van der Waals surface area contributed by atoms with Gasteiger partial charge in [-0.2, -0.15) is 0 Å². The van der Waals surface area contributed by atoms with E-state index in [9.17, 15) is 4.79 Å². The molecule has 0 aliphatic rings. The van der Waals surface area contributed by atoms with E-state index in [0.29, 0.717) is 19.5 Å². The topological polar surface area (TPSA) is 32.3 Å². The van der Waals surface area contributed by atoms with Gasteiger partial charge >= 0.3 is 0 Å². The number of hydrogen-bond donors (Lipinski definition) is 1. The first-order valence-electron chi connectivity index (χ1n) is 6.14. The van der Waals surface area contributed by atoms with Crippen LogP contribution in [0.15, 0.2) is 62.9 Å². The van der Waals surface area contributed by atoms with Crippen LogP contribution in [-0.2, 0) is 4.79 Å². The van der Waals surface area contributed by atoms with Gasteiger partial charge in [0.05, 0.1) is 0 Å². The fourth-order valence-corrected chi connectivity index (χ4v) is 1.53. The number of hydrogen-bond acceptors (Lipinski definition) is 2. The number of carbonyl (C=O) groups is 1. The number of nitrogens with one attached hydrogen (secondary N) is 1. The second-order valence-electron chi connectivity index (χ2n) is 3.94. The molecule has 1 radical (unpaired) electrons. The van der Waals surface area contributed by atoms with E-state index in [1.807, 2.05) is 4.90 Å². The molecular weight excluding hydrogens is 236 g/mol. The molecule has 3 heteroatoms. The lowest BCUT2D eigenvalue weighted by molar-refractivity contribution is -0.120. The molecule has 3 nitrogen and oxygen atoms in total. The molecule has 0 rings (SSSR count). The molecule has 0 aromatic rings. The molecule has 0 aliphatic heterocycles. The Morgan fingerprint density at radius 3 is 1.89 bits per heavy atom. The molecular formula is C16H23N2O. The van der Waals surface area contributed by atoms with E-state index in [0.717, 1.165) is 11.7 Å². The lowest BCUT2D eigenvalue weighted by Crippen LogP contribution is -2.35. The van der Waals surface area contributed by atoms with Gasteiger partial charge in [-0.15, -0.1) is 26.3 Å². The molecule has 0 aromatic heterocycles. The van der Waals surface area contributed by atoms with Gasteiger partial charge in [0.25, 0.3) is 0 Å². The summed E-state index contributed by atoms with van der Waals surface area (Å²) in [6, 6.07) is 0.741. The molecule has 1 amide bonds. The summed E-state index contributed by atoms with van der Waals surface area (Å²) in [5.74, 6) is -0.106. The first-order chi connectivity index (χ1) is 9.10. The zero-order valence-electron chi connectivity index (χ0n) is 11.5. The molecule has 0 unspecified atom stereocenters. The summed E-state index contributed by atoms with van der Waals surface area (Å²) in [6.45, 7) is 20.0. The largest absolute Gasteiger partial charge is 0.366 e. The van der Waals surface area contributed by atoms with Gasteiger partial charge in [0.1, 0.15) is 6.04 Å². The Hall–Kier alpha value is -2.03. The van der Waals surface area contributed by atoms with Crippen LogP contribution in [0.2, 0.25) is 0 Å². The van der Waals surface area contributed by atoms with E-state index in [2.05, 4.69) is 38.2 Å². The SMILES string of the molecule is C=CC[C](NC(=O)CC=C)C(=C)N(CC=C)CC=C. The summed E-state index contributed by atoms with van der Waals surface area (Å²) < 4.78 is 0. The third kappa shape index (κ3) is 6.46. The molecule has 1 N–H and O–H groups in total. The second kappa shape index (κ2) is 9.95. The fourth-order valence-electron chi connectivity index (χ4n) is 1.53. The van der Waals surface area contributed by atoms with Gasteiger partial charge in [0, 0.05) is 25.2 Å². The van der Waals surface area contributed by atoms with Gasteiger partial charge in [0.2, 0.25) is 5.91 Å². The number of rotatable bonds is 11. The van der Waals surface area contributed by atoms with E-state index in [1.54, 1.807) is 24.3 Å². The van der Waals surface area contributed by atoms with Gasteiger partial charge in [0.15, 0.2) is 0 Å². The highest BCUT2D eigenvalue weighted by Gasteiger charge is 2.18. The maximum Gasteiger partial charge on any atom is 0.224 e. The van der Waals surface area contributed by atoms with Crippen molar-refractivity contribution in [3.63, 3.8) is 0 Å². The van der Waals surface area contributed by atoms with Crippen molar-refractivity contribution in [2.45, 2.75) is 12.8 Å². The lowest BCUT2D eigenvalue weighted by Gasteiger charge is -2.29. The molecule has 103 valence electrons. The van der Waals surface area contributed by atoms with E-state index in [4.69, 9.17) is 0 Å². The Bertz CT molecular complexity index is 348. The fraction of sp³-hybridized carbons (Fsp3) is 0.250. The summed E-state index contributed by atoms with van der Waals surface area (Å²) >= 11 is 0. The minimum Gasteiger partial charge on any atom is -0.366 e. The Kier molecular flexibility index (Phi) is 8.88. The Balaban J connectivity index is 4.81. The Labute approximate surface area is 116 Å². The molecule has 0 saturated heterocycles. The Morgan fingerprint density at radius 1 is 0.947 bits per heavy atom. The van der Waals surface area contributed by atoms with E-state index in [-0.39, 0.29) is 12.3 Å². The molecule has 0 saturated carbocycles. The maximum atomic E-state index is 11.6. The Morgan fingerprint density at radius 2 is 1.47 bits per heavy atom. The zero-order valence-corrected chi connectivity index (χ0v) is 11.5. The molecule has 0 bridgehead atoms. The molecule has 0 aromatic carbocycles. The van der Waals surface area contributed by atoms with Crippen LogP contribution < -0.4 is 5.32 Å². The number of nitrogens with zero attached hydrogens (tertiary/aromatic N) is 1. The number of amides is 1. The van der Waals surface area contributed by atoms with Gasteiger partial charge in [-0.25, -0.2) is 0 Å². The van der Waals surface area contributed by atoms with Crippen LogP contribution in [0.1, 0.15) is 12.8 Å². The van der Waals surface area contributed by atoms with Crippen molar-refractivity contribution in [1.82, 2.24) is 10.2 Å². The molecule has 0 fully saturated rings. The molecule has 0 aliphatic carbocycles. The molecule has 19 heavy (non-hydrogen) atoms. The summed E-state index contributed by atoms with van der Waals surface area (Å²) in [6.07, 6.45) is 7.68. The predicted octanol–water partition coefficient (Wildman–Crippen LogP) is 2.97. The number of carbonyl (C=O) groups excluding carboxylic acids is 1. The summed E-state index contributed by atoms with van der Waals surface area (Å²) in [5, 5.41) is 2.84. The van der Waals surface area contributed by atoms with E-state index in [1.165, 1.54) is 0 Å². The van der Waals surface area contributed by atoms with Crippen LogP contribution in [0.25, 0.3) is 0 Å². The average Bonchev–Trinajstić information content (AvgIpc) is 2.37. The van der Waals surface area contributed by atoms with Crippen molar-refractivity contribution in [3.05, 3.63) is 68.9 Å². The van der Waals surface area contributed by atoms with Gasteiger partial charge in [-0.3, -0.25) is 4.79 Å². The van der Waals surface area contributed by atoms with Crippen LogP contribution in [0.4, 0.5) is 0 Å². The third-order valence-electron chi connectivity index (χ3n) is 2.40. The van der Waals surface area contributed by atoms with Gasteiger partial charge < -0.3 is 10.2 Å². The van der Waals surface area contributed by atoms with Crippen molar-refractivity contribution in [1.29, 1.82) is 0 Å². The van der Waals surface area contributed by atoms with Crippen molar-refractivity contribution in [2.75, 3.05) is 13.1 Å². The first-order valence-corrected chi connectivity index (χ1v) is 6.14. The molecule has 0 heterocycles. The van der Waals surface area contributed by atoms with E-state index >= 15 is 0 Å². The van der Waals surface area contributed by atoms with Crippen LogP contribution in [0.5, 0.6) is 0 Å². The summed E-state index contributed by atoms with van der Waals surface area (Å²) in [5.41, 5.74) is 0.747. The van der Waals surface area contributed by atoms with Crippen molar-refractivity contribution < 1.29 is 4.79 Å². The lowest BCUT2D eigenvalue weighted by atomic mass is 10.1. The standard InChI is InChI=1S/C16H23N2O/c1-6-10-15(17-16(19)11-7-2)14(5)18(12-8-3)13-9-4/h6-9H,1-5,10-13H2,(H,17,19). The monoisotopic (exact) mass is 259 g/mol. The van der Waals surface area contributed by atoms with Gasteiger partial charge in [-0.1, -0.05) is 30.9 Å². The average molecular weight is 259 g/mol. The van der Waals surface area contributed by atoms with Crippen LogP contribution in [0, 0.1) is 6.04 Å². The van der Waals surface area contributed by atoms with Gasteiger partial charge in [-0.05, 0) is 6.42 Å². The van der Waals surface area contributed by atoms with Crippen LogP contribution in [0.3, 0.4) is 0 Å². The zero-order chi connectivity index (χ0) is 14.7. The first kappa shape index (κ1) is 17.0. The highest BCUT2D eigenvalue weighted by molar-refractivity contribution is 5.79. The van der Waals surface area contributed by atoms with E-state index < -0.39 is 0 Å². The molecule has 0 spiro atoms. The highest BCUT2D eigenvalue weighted by atomic mass is 16.1. The predicted molar refractivity (Wildman–Crippen MR) is 82.1 cm³/mol. The normalized spacial score (nSPS) is 9.53. The second-order valence-corrected chi connectivity index (χ2v) is 3.94. The van der Waals surface area contributed by atoms with Crippen molar-refractivity contribution in [3.8, 4) is 0 Å². The smallest absolute Gasteiger partial charge is 0.224 e. The van der Waals surface area contributed by atoms with Crippen molar-refractivity contribution >= 4 is 5.91 Å². The maximum absolute atomic E-state index is 11.6. The minimum atomic E-state index is -0.106. The third-order valence-corrected chi connectivity index (χ3v) is 2.40. The summed E-state index contributed by atoms with van der Waals surface area (Å²) in [7, 11) is 0. The highest BCUT2D eigenvalue weighted by Crippen LogP contribution is 2.18.